The summed E-state index contributed by atoms with van der Waals surface area (Å²) in [5.41, 5.74) is 0.967. The monoisotopic (exact) mass is 266 g/mol. The van der Waals surface area contributed by atoms with E-state index in [0.29, 0.717) is 13.0 Å². The Morgan fingerprint density at radius 2 is 1.95 bits per heavy atom. The van der Waals surface area contributed by atoms with Gasteiger partial charge in [0, 0.05) is 13.0 Å². The lowest BCUT2D eigenvalue weighted by atomic mass is 9.83. The van der Waals surface area contributed by atoms with Crippen LogP contribution in [0.5, 0.6) is 5.75 Å². The number of aliphatic hydroxyl groups excluding tert-OH is 1. The summed E-state index contributed by atoms with van der Waals surface area (Å²) in [5, 5.41) is 10.4. The van der Waals surface area contributed by atoms with Crippen molar-refractivity contribution in [3.8, 4) is 5.75 Å². The zero-order valence-corrected chi connectivity index (χ0v) is 12.6. The van der Waals surface area contributed by atoms with Crippen molar-refractivity contribution < 1.29 is 14.6 Å². The van der Waals surface area contributed by atoms with Gasteiger partial charge in [0.15, 0.2) is 0 Å². The summed E-state index contributed by atoms with van der Waals surface area (Å²) in [6.45, 7) is 8.82. The molecule has 1 aromatic carbocycles. The molecule has 0 aliphatic carbocycles. The van der Waals surface area contributed by atoms with Crippen LogP contribution in [-0.4, -0.2) is 31.0 Å². The molecule has 0 bridgehead atoms. The van der Waals surface area contributed by atoms with Crippen LogP contribution in [-0.2, 0) is 11.2 Å². The molecule has 1 aromatic rings. The van der Waals surface area contributed by atoms with Gasteiger partial charge in [-0.2, -0.15) is 0 Å². The van der Waals surface area contributed by atoms with E-state index in [1.54, 1.807) is 7.11 Å². The van der Waals surface area contributed by atoms with Gasteiger partial charge in [-0.25, -0.2) is 0 Å². The van der Waals surface area contributed by atoms with Crippen LogP contribution < -0.4 is 4.74 Å². The van der Waals surface area contributed by atoms with Gasteiger partial charge < -0.3 is 14.6 Å². The lowest BCUT2D eigenvalue weighted by Crippen LogP contribution is -2.41. The first kappa shape index (κ1) is 16.0. The van der Waals surface area contributed by atoms with E-state index in [1.165, 1.54) is 0 Å². The zero-order chi connectivity index (χ0) is 14.5. The second-order valence-corrected chi connectivity index (χ2v) is 5.86. The normalized spacial score (nSPS) is 15.1. The second-order valence-electron chi connectivity index (χ2n) is 5.86. The van der Waals surface area contributed by atoms with Crippen molar-refractivity contribution in [1.29, 1.82) is 0 Å². The first-order chi connectivity index (χ1) is 8.88. The second kappa shape index (κ2) is 6.92. The molecule has 0 saturated carbocycles. The molecular formula is C16H26O3. The molecule has 2 atom stereocenters. The molecule has 3 nitrogen and oxygen atoms in total. The van der Waals surface area contributed by atoms with E-state index in [1.807, 2.05) is 31.2 Å². The van der Waals surface area contributed by atoms with Crippen molar-refractivity contribution in [3.63, 3.8) is 0 Å². The van der Waals surface area contributed by atoms with Crippen LogP contribution in [0.1, 0.15) is 33.3 Å². The molecule has 2 unspecified atom stereocenters. The summed E-state index contributed by atoms with van der Waals surface area (Å²) in [4.78, 5) is 0. The SMILES string of the molecule is CCOC(C(O)Cc1cccc(OC)c1)C(C)(C)C. The molecule has 19 heavy (non-hydrogen) atoms. The fourth-order valence-corrected chi connectivity index (χ4v) is 2.27. The molecule has 0 amide bonds. The minimum Gasteiger partial charge on any atom is -0.497 e. The van der Waals surface area contributed by atoms with E-state index >= 15 is 0 Å². The predicted molar refractivity (Wildman–Crippen MR) is 77.6 cm³/mol. The summed E-state index contributed by atoms with van der Waals surface area (Å²) in [7, 11) is 1.65. The van der Waals surface area contributed by atoms with Gasteiger partial charge in [0.2, 0.25) is 0 Å². The van der Waals surface area contributed by atoms with Gasteiger partial charge in [0.05, 0.1) is 19.3 Å². The van der Waals surface area contributed by atoms with Crippen LogP contribution in [0.15, 0.2) is 24.3 Å². The number of ether oxygens (including phenoxy) is 2. The van der Waals surface area contributed by atoms with Crippen molar-refractivity contribution in [2.24, 2.45) is 5.41 Å². The van der Waals surface area contributed by atoms with Crippen LogP contribution in [0.3, 0.4) is 0 Å². The Hall–Kier alpha value is -1.06. The van der Waals surface area contributed by atoms with Crippen molar-refractivity contribution >= 4 is 0 Å². The summed E-state index contributed by atoms with van der Waals surface area (Å²) >= 11 is 0. The molecule has 3 heteroatoms. The number of hydrogen-bond donors (Lipinski definition) is 1. The van der Waals surface area contributed by atoms with E-state index in [4.69, 9.17) is 9.47 Å². The van der Waals surface area contributed by atoms with Crippen LogP contribution in [0, 0.1) is 5.41 Å². The minimum absolute atomic E-state index is 0.0890. The largest absolute Gasteiger partial charge is 0.497 e. The minimum atomic E-state index is -0.521. The predicted octanol–water partition coefficient (Wildman–Crippen LogP) is 3.05. The standard InChI is InChI=1S/C16H26O3/c1-6-19-15(16(2,3)4)14(17)11-12-8-7-9-13(10-12)18-5/h7-10,14-15,17H,6,11H2,1-5H3. The average Bonchev–Trinajstić information content (AvgIpc) is 2.34. The molecule has 0 spiro atoms. The molecule has 0 fully saturated rings. The maximum atomic E-state index is 10.4. The fourth-order valence-electron chi connectivity index (χ4n) is 2.27. The molecule has 0 heterocycles. The van der Waals surface area contributed by atoms with Gasteiger partial charge >= 0.3 is 0 Å². The molecule has 1 rings (SSSR count). The van der Waals surface area contributed by atoms with Crippen LogP contribution in [0.4, 0.5) is 0 Å². The molecular weight excluding hydrogens is 240 g/mol. The number of methoxy groups -OCH3 is 1. The first-order valence-corrected chi connectivity index (χ1v) is 6.81. The van der Waals surface area contributed by atoms with Crippen LogP contribution >= 0.6 is 0 Å². The van der Waals surface area contributed by atoms with E-state index in [-0.39, 0.29) is 11.5 Å². The number of benzene rings is 1. The topological polar surface area (TPSA) is 38.7 Å². The Kier molecular flexibility index (Phi) is 5.83. The van der Waals surface area contributed by atoms with Crippen molar-refractivity contribution in [2.75, 3.05) is 13.7 Å². The quantitative estimate of drug-likeness (QED) is 0.860. The average molecular weight is 266 g/mol. The third-order valence-electron chi connectivity index (χ3n) is 3.13. The first-order valence-electron chi connectivity index (χ1n) is 6.81. The molecule has 0 aliphatic heterocycles. The maximum Gasteiger partial charge on any atom is 0.119 e. The van der Waals surface area contributed by atoms with Crippen molar-refractivity contribution in [1.82, 2.24) is 0 Å². The Morgan fingerprint density at radius 3 is 2.47 bits per heavy atom. The number of aliphatic hydroxyl groups is 1. The fraction of sp³-hybridized carbons (Fsp3) is 0.625. The molecule has 1 N–H and O–H groups in total. The molecule has 0 saturated heterocycles. The van der Waals surface area contributed by atoms with E-state index in [9.17, 15) is 5.11 Å². The highest BCUT2D eigenvalue weighted by Gasteiger charge is 2.31. The summed E-state index contributed by atoms with van der Waals surface area (Å²) < 4.78 is 10.9. The lowest BCUT2D eigenvalue weighted by Gasteiger charge is -2.34. The molecule has 108 valence electrons. The van der Waals surface area contributed by atoms with Crippen LogP contribution in [0.2, 0.25) is 0 Å². The smallest absolute Gasteiger partial charge is 0.119 e. The Morgan fingerprint density at radius 1 is 1.26 bits per heavy atom. The number of hydrogen-bond acceptors (Lipinski definition) is 3. The van der Waals surface area contributed by atoms with Gasteiger partial charge in [-0.1, -0.05) is 32.9 Å². The van der Waals surface area contributed by atoms with Gasteiger partial charge in [-0.15, -0.1) is 0 Å². The third kappa shape index (κ3) is 4.84. The van der Waals surface area contributed by atoms with Gasteiger partial charge in [0.1, 0.15) is 5.75 Å². The zero-order valence-electron chi connectivity index (χ0n) is 12.6. The molecule has 0 aromatic heterocycles. The van der Waals surface area contributed by atoms with Crippen molar-refractivity contribution in [3.05, 3.63) is 29.8 Å². The van der Waals surface area contributed by atoms with Gasteiger partial charge in [-0.05, 0) is 30.0 Å². The lowest BCUT2D eigenvalue weighted by molar-refractivity contribution is -0.0873. The van der Waals surface area contributed by atoms with Crippen molar-refractivity contribution in [2.45, 2.75) is 46.3 Å². The molecule has 0 aliphatic rings. The summed E-state index contributed by atoms with van der Waals surface area (Å²) in [6.07, 6.45) is -0.130. The Labute approximate surface area is 116 Å². The van der Waals surface area contributed by atoms with Gasteiger partial charge in [0.25, 0.3) is 0 Å². The highest BCUT2D eigenvalue weighted by atomic mass is 16.5. The maximum absolute atomic E-state index is 10.4. The van der Waals surface area contributed by atoms with E-state index in [2.05, 4.69) is 20.8 Å². The highest BCUT2D eigenvalue weighted by molar-refractivity contribution is 5.28. The Bertz CT molecular complexity index is 382. The highest BCUT2D eigenvalue weighted by Crippen LogP contribution is 2.27. The third-order valence-corrected chi connectivity index (χ3v) is 3.13. The summed E-state index contributed by atoms with van der Waals surface area (Å²) in [5.74, 6) is 0.813. The van der Waals surface area contributed by atoms with Crippen LogP contribution in [0.25, 0.3) is 0 Å². The Balaban J connectivity index is 2.77. The molecule has 0 radical (unpaired) electrons. The van der Waals surface area contributed by atoms with Gasteiger partial charge in [-0.3, -0.25) is 0 Å². The van der Waals surface area contributed by atoms with E-state index < -0.39 is 6.10 Å². The summed E-state index contributed by atoms with van der Waals surface area (Å²) in [6, 6.07) is 7.79. The van der Waals surface area contributed by atoms with E-state index in [0.717, 1.165) is 11.3 Å². The number of rotatable bonds is 6.